The second kappa shape index (κ2) is 5.63. The van der Waals surface area contributed by atoms with Crippen molar-refractivity contribution in [3.8, 4) is 11.3 Å². The molecule has 4 aromatic carbocycles. The van der Waals surface area contributed by atoms with E-state index < -0.39 is 0 Å². The van der Waals surface area contributed by atoms with Crippen molar-refractivity contribution in [3.63, 3.8) is 0 Å². The van der Waals surface area contributed by atoms with Gasteiger partial charge in [-0.15, -0.1) is 0 Å². The van der Waals surface area contributed by atoms with Gasteiger partial charge in [-0.1, -0.05) is 41.5 Å². The minimum absolute atomic E-state index is 0.983. The van der Waals surface area contributed by atoms with Crippen LogP contribution in [0.4, 0.5) is 0 Å². The van der Waals surface area contributed by atoms with Crippen LogP contribution in [0.5, 0.6) is 0 Å². The summed E-state index contributed by atoms with van der Waals surface area (Å²) < 4.78 is 0. The second-order valence-electron chi connectivity index (χ2n) is 7.01. The van der Waals surface area contributed by atoms with Crippen molar-refractivity contribution in [2.24, 2.45) is 0 Å². The minimum atomic E-state index is 0.983. The molecule has 0 saturated carbocycles. The van der Waals surface area contributed by atoms with Gasteiger partial charge in [-0.2, -0.15) is 0 Å². The lowest BCUT2D eigenvalue weighted by molar-refractivity contribution is 1.22. The van der Waals surface area contributed by atoms with Gasteiger partial charge in [0, 0.05) is 10.9 Å². The summed E-state index contributed by atoms with van der Waals surface area (Å²) in [6, 6.07) is 23.9. The summed E-state index contributed by atoms with van der Waals surface area (Å²) in [5.41, 5.74) is 5.63. The van der Waals surface area contributed by atoms with E-state index in [9.17, 15) is 0 Å². The molecule has 0 unspecified atom stereocenters. The van der Waals surface area contributed by atoms with E-state index in [0.717, 1.165) is 22.2 Å². The largest absolute Gasteiger partial charge is 0.236 e. The second-order valence-corrected chi connectivity index (χ2v) is 7.01. The maximum Gasteiger partial charge on any atom is 0.116 e. The molecule has 0 aliphatic rings. The van der Waals surface area contributed by atoms with Crippen LogP contribution in [0.3, 0.4) is 0 Å². The molecule has 1 heterocycles. The molecular formula is C24H18N2. The average molecular weight is 334 g/mol. The molecule has 26 heavy (non-hydrogen) atoms. The summed E-state index contributed by atoms with van der Waals surface area (Å²) in [6.45, 7) is 4.25. The van der Waals surface area contributed by atoms with Gasteiger partial charge in [0.2, 0.25) is 0 Å². The van der Waals surface area contributed by atoms with Gasteiger partial charge in [-0.05, 0) is 71.8 Å². The Labute approximate surface area is 152 Å². The maximum absolute atomic E-state index is 4.62. The molecular weight excluding hydrogens is 316 g/mol. The molecule has 0 atom stereocenters. The quantitative estimate of drug-likeness (QED) is 0.340. The Morgan fingerprint density at radius 3 is 1.96 bits per heavy atom. The highest BCUT2D eigenvalue weighted by Crippen LogP contribution is 2.31. The number of rotatable bonds is 1. The number of hydrogen-bond acceptors (Lipinski definition) is 2. The van der Waals surface area contributed by atoms with E-state index in [1.807, 2.05) is 0 Å². The first-order valence-electron chi connectivity index (χ1n) is 8.83. The Hall–Kier alpha value is -3.26. The third-order valence-corrected chi connectivity index (χ3v) is 4.95. The van der Waals surface area contributed by atoms with E-state index in [4.69, 9.17) is 0 Å². The standard InChI is InChI=1S/C24H18N2/c1-15-7-16(2)9-21(8-15)24-22-12-19-10-17-5-3-4-6-18(17)11-20(19)13-23(22)25-14-26-24/h3-14H,1-2H3. The summed E-state index contributed by atoms with van der Waals surface area (Å²) in [4.78, 5) is 9.15. The molecule has 0 aliphatic carbocycles. The van der Waals surface area contributed by atoms with Gasteiger partial charge in [0.25, 0.3) is 0 Å². The van der Waals surface area contributed by atoms with Crippen LogP contribution in [0.1, 0.15) is 11.1 Å². The van der Waals surface area contributed by atoms with Crippen LogP contribution in [0.2, 0.25) is 0 Å². The lowest BCUT2D eigenvalue weighted by Gasteiger charge is -2.10. The molecule has 0 spiro atoms. The van der Waals surface area contributed by atoms with Crippen molar-refractivity contribution < 1.29 is 0 Å². The van der Waals surface area contributed by atoms with Gasteiger partial charge in [-0.25, -0.2) is 9.97 Å². The molecule has 0 fully saturated rings. The van der Waals surface area contributed by atoms with Crippen molar-refractivity contribution in [1.29, 1.82) is 0 Å². The van der Waals surface area contributed by atoms with Crippen LogP contribution in [0, 0.1) is 13.8 Å². The van der Waals surface area contributed by atoms with E-state index in [0.29, 0.717) is 0 Å². The van der Waals surface area contributed by atoms with Crippen molar-refractivity contribution in [3.05, 3.63) is 84.2 Å². The Kier molecular flexibility index (Phi) is 3.26. The average Bonchev–Trinajstić information content (AvgIpc) is 2.63. The molecule has 5 rings (SSSR count). The third-order valence-electron chi connectivity index (χ3n) is 4.95. The van der Waals surface area contributed by atoms with E-state index >= 15 is 0 Å². The zero-order valence-electron chi connectivity index (χ0n) is 14.8. The van der Waals surface area contributed by atoms with E-state index in [-0.39, 0.29) is 0 Å². The highest BCUT2D eigenvalue weighted by Gasteiger charge is 2.09. The summed E-state index contributed by atoms with van der Waals surface area (Å²) in [5, 5.41) is 6.03. The van der Waals surface area contributed by atoms with Gasteiger partial charge in [0.05, 0.1) is 11.2 Å². The van der Waals surface area contributed by atoms with Crippen molar-refractivity contribution in [2.75, 3.05) is 0 Å². The number of hydrogen-bond donors (Lipinski definition) is 0. The Bertz CT molecular complexity index is 1280. The van der Waals surface area contributed by atoms with Crippen LogP contribution in [-0.4, -0.2) is 9.97 Å². The predicted molar refractivity (Wildman–Crippen MR) is 109 cm³/mol. The molecule has 0 radical (unpaired) electrons. The van der Waals surface area contributed by atoms with Gasteiger partial charge in [0.15, 0.2) is 0 Å². The predicted octanol–water partition coefficient (Wildman–Crippen LogP) is 6.22. The first-order valence-corrected chi connectivity index (χ1v) is 8.83. The molecule has 0 N–H and O–H groups in total. The number of fused-ring (bicyclic) bond motifs is 3. The smallest absolute Gasteiger partial charge is 0.116 e. The zero-order valence-corrected chi connectivity index (χ0v) is 14.8. The lowest BCUT2D eigenvalue weighted by atomic mass is 9.98. The van der Waals surface area contributed by atoms with Crippen molar-refractivity contribution in [1.82, 2.24) is 9.97 Å². The van der Waals surface area contributed by atoms with Crippen LogP contribution >= 0.6 is 0 Å². The zero-order chi connectivity index (χ0) is 17.7. The maximum atomic E-state index is 4.62. The number of benzene rings is 4. The Morgan fingerprint density at radius 1 is 0.615 bits per heavy atom. The molecule has 2 nitrogen and oxygen atoms in total. The van der Waals surface area contributed by atoms with Crippen LogP contribution in [-0.2, 0) is 0 Å². The SMILES string of the molecule is Cc1cc(C)cc(-c2ncnc3cc4cc5ccccc5cc4cc23)c1. The van der Waals surface area contributed by atoms with Gasteiger partial charge < -0.3 is 0 Å². The first kappa shape index (κ1) is 15.0. The first-order chi connectivity index (χ1) is 12.7. The lowest BCUT2D eigenvalue weighted by Crippen LogP contribution is -1.91. The van der Waals surface area contributed by atoms with Crippen LogP contribution < -0.4 is 0 Å². The van der Waals surface area contributed by atoms with Gasteiger partial charge in [0.1, 0.15) is 6.33 Å². The molecule has 5 aromatic rings. The monoisotopic (exact) mass is 334 g/mol. The molecule has 0 saturated heterocycles. The third kappa shape index (κ3) is 2.42. The molecule has 1 aromatic heterocycles. The summed E-state index contributed by atoms with van der Waals surface area (Å²) in [5.74, 6) is 0. The van der Waals surface area contributed by atoms with Crippen molar-refractivity contribution in [2.45, 2.75) is 13.8 Å². The summed E-state index contributed by atoms with van der Waals surface area (Å²) >= 11 is 0. The Balaban J connectivity index is 1.84. The van der Waals surface area contributed by atoms with E-state index in [1.54, 1.807) is 6.33 Å². The van der Waals surface area contributed by atoms with E-state index in [1.165, 1.54) is 32.7 Å². The number of aromatic nitrogens is 2. The fraction of sp³-hybridized carbons (Fsp3) is 0.0833. The Morgan fingerprint density at radius 2 is 1.27 bits per heavy atom. The fourth-order valence-corrected chi connectivity index (χ4v) is 3.84. The molecule has 0 aliphatic heterocycles. The van der Waals surface area contributed by atoms with Gasteiger partial charge >= 0.3 is 0 Å². The van der Waals surface area contributed by atoms with E-state index in [2.05, 4.69) is 90.5 Å². The normalized spacial score (nSPS) is 11.5. The summed E-state index contributed by atoms with van der Waals surface area (Å²) in [6.07, 6.45) is 1.67. The number of aryl methyl sites for hydroxylation is 2. The highest BCUT2D eigenvalue weighted by molar-refractivity contribution is 6.06. The topological polar surface area (TPSA) is 25.8 Å². The highest BCUT2D eigenvalue weighted by atomic mass is 14.8. The number of nitrogens with zero attached hydrogens (tertiary/aromatic N) is 2. The van der Waals surface area contributed by atoms with Crippen LogP contribution in [0.25, 0.3) is 43.7 Å². The molecule has 124 valence electrons. The van der Waals surface area contributed by atoms with Crippen LogP contribution in [0.15, 0.2) is 73.1 Å². The molecule has 2 heteroatoms. The minimum Gasteiger partial charge on any atom is -0.236 e. The molecule has 0 bridgehead atoms. The molecule has 0 amide bonds. The fourth-order valence-electron chi connectivity index (χ4n) is 3.84. The van der Waals surface area contributed by atoms with Crippen molar-refractivity contribution >= 4 is 32.4 Å². The van der Waals surface area contributed by atoms with Gasteiger partial charge in [-0.3, -0.25) is 0 Å². The summed E-state index contributed by atoms with van der Waals surface area (Å²) in [7, 11) is 0.